The van der Waals surface area contributed by atoms with Crippen molar-refractivity contribution in [3.05, 3.63) is 33.8 Å². The molecule has 1 saturated heterocycles. The van der Waals surface area contributed by atoms with Crippen LogP contribution in [0.2, 0.25) is 10.0 Å². The molecule has 104 valence electrons. The van der Waals surface area contributed by atoms with Gasteiger partial charge in [0.25, 0.3) is 0 Å². The molecule has 5 heteroatoms. The number of benzene rings is 1. The third-order valence-electron chi connectivity index (χ3n) is 3.64. The summed E-state index contributed by atoms with van der Waals surface area (Å²) in [6, 6.07) is 5.01. The molecule has 1 N–H and O–H groups in total. The number of carbonyl (C=O) groups is 1. The normalized spacial score (nSPS) is 17.5. The monoisotopic (exact) mass is 300 g/mol. The summed E-state index contributed by atoms with van der Waals surface area (Å²) in [4.78, 5) is 14.9. The fourth-order valence-electron chi connectivity index (χ4n) is 2.37. The maximum absolute atomic E-state index is 12.7. The summed E-state index contributed by atoms with van der Waals surface area (Å²) in [5, 5.41) is 4.27. The number of halogens is 2. The van der Waals surface area contributed by atoms with Crippen LogP contribution in [0.1, 0.15) is 24.2 Å². The first-order valence-corrected chi connectivity index (χ1v) is 7.14. The smallest absolute Gasteiger partial charge is 0.184 e. The Morgan fingerprint density at radius 2 is 1.89 bits per heavy atom. The predicted molar refractivity (Wildman–Crippen MR) is 79.3 cm³/mol. The minimum absolute atomic E-state index is 0.0156. The van der Waals surface area contributed by atoms with Crippen LogP contribution < -0.4 is 5.32 Å². The van der Waals surface area contributed by atoms with E-state index in [9.17, 15) is 4.79 Å². The van der Waals surface area contributed by atoms with Crippen molar-refractivity contribution < 1.29 is 4.79 Å². The molecule has 0 atom stereocenters. The molecule has 0 unspecified atom stereocenters. The maximum atomic E-state index is 12.7. The molecule has 0 saturated carbocycles. The number of nitrogens with one attached hydrogen (secondary N) is 1. The van der Waals surface area contributed by atoms with Gasteiger partial charge in [-0.3, -0.25) is 9.69 Å². The summed E-state index contributed by atoms with van der Waals surface area (Å²) in [7, 11) is 0. The van der Waals surface area contributed by atoms with Crippen LogP contribution in [-0.4, -0.2) is 42.4 Å². The van der Waals surface area contributed by atoms with Crippen molar-refractivity contribution in [1.82, 2.24) is 10.2 Å². The van der Waals surface area contributed by atoms with E-state index in [1.165, 1.54) is 0 Å². The van der Waals surface area contributed by atoms with Crippen LogP contribution in [0.15, 0.2) is 18.2 Å². The Balaban J connectivity index is 2.28. The molecule has 0 aliphatic carbocycles. The van der Waals surface area contributed by atoms with Crippen LogP contribution in [0.25, 0.3) is 0 Å². The van der Waals surface area contributed by atoms with E-state index in [1.807, 2.05) is 13.8 Å². The zero-order valence-electron chi connectivity index (χ0n) is 11.2. The van der Waals surface area contributed by atoms with Crippen LogP contribution in [0.4, 0.5) is 0 Å². The van der Waals surface area contributed by atoms with Crippen molar-refractivity contribution in [3.63, 3.8) is 0 Å². The Labute approximate surface area is 123 Å². The van der Waals surface area contributed by atoms with Crippen molar-refractivity contribution in [3.8, 4) is 0 Å². The number of piperazine rings is 1. The minimum atomic E-state index is -0.573. The van der Waals surface area contributed by atoms with Gasteiger partial charge in [-0.15, -0.1) is 0 Å². The highest BCUT2D eigenvalue weighted by molar-refractivity contribution is 6.36. The Morgan fingerprint density at radius 3 is 2.53 bits per heavy atom. The SMILES string of the molecule is CC(C)(C(=O)c1cc(Cl)ccc1Cl)N1CCNCC1. The molecule has 1 aromatic carbocycles. The number of ketones is 1. The fraction of sp³-hybridized carbons (Fsp3) is 0.500. The third-order valence-corrected chi connectivity index (χ3v) is 4.20. The lowest BCUT2D eigenvalue weighted by atomic mass is 9.90. The summed E-state index contributed by atoms with van der Waals surface area (Å²) < 4.78 is 0. The largest absolute Gasteiger partial charge is 0.314 e. The Hall–Kier alpha value is -0.610. The molecule has 0 radical (unpaired) electrons. The van der Waals surface area contributed by atoms with E-state index in [1.54, 1.807) is 18.2 Å². The molecule has 3 nitrogen and oxygen atoms in total. The highest BCUT2D eigenvalue weighted by atomic mass is 35.5. The van der Waals surface area contributed by atoms with Crippen LogP contribution in [-0.2, 0) is 0 Å². The van der Waals surface area contributed by atoms with E-state index >= 15 is 0 Å². The predicted octanol–water partition coefficient (Wildman–Crippen LogP) is 2.86. The van der Waals surface area contributed by atoms with Gasteiger partial charge < -0.3 is 5.32 Å². The van der Waals surface area contributed by atoms with E-state index in [4.69, 9.17) is 23.2 Å². The Morgan fingerprint density at radius 1 is 1.26 bits per heavy atom. The van der Waals surface area contributed by atoms with Crippen molar-refractivity contribution in [2.75, 3.05) is 26.2 Å². The highest BCUT2D eigenvalue weighted by Crippen LogP contribution is 2.27. The summed E-state index contributed by atoms with van der Waals surface area (Å²) in [6.45, 7) is 7.41. The van der Waals surface area contributed by atoms with Crippen molar-refractivity contribution in [1.29, 1.82) is 0 Å². The lowest BCUT2D eigenvalue weighted by Gasteiger charge is -2.40. The number of nitrogens with zero attached hydrogens (tertiary/aromatic N) is 1. The van der Waals surface area contributed by atoms with E-state index in [2.05, 4.69) is 10.2 Å². The van der Waals surface area contributed by atoms with Crippen molar-refractivity contribution in [2.24, 2.45) is 0 Å². The van der Waals surface area contributed by atoms with Crippen LogP contribution in [0.5, 0.6) is 0 Å². The lowest BCUT2D eigenvalue weighted by Crippen LogP contribution is -2.57. The average Bonchev–Trinajstić information content (AvgIpc) is 2.41. The maximum Gasteiger partial charge on any atom is 0.184 e. The Kier molecular flexibility index (Phi) is 4.51. The van der Waals surface area contributed by atoms with Gasteiger partial charge in [-0.1, -0.05) is 23.2 Å². The second kappa shape index (κ2) is 5.80. The topological polar surface area (TPSA) is 32.3 Å². The standard InChI is InChI=1S/C14H18Cl2N2O/c1-14(2,18-7-5-17-6-8-18)13(19)11-9-10(15)3-4-12(11)16/h3-4,9,17H,5-8H2,1-2H3. The molecule has 1 heterocycles. The Bertz CT molecular complexity index is 482. The number of hydrogen-bond acceptors (Lipinski definition) is 3. The zero-order chi connectivity index (χ0) is 14.0. The third kappa shape index (κ3) is 3.11. The summed E-state index contributed by atoms with van der Waals surface area (Å²) >= 11 is 12.1. The molecule has 19 heavy (non-hydrogen) atoms. The van der Waals surface area contributed by atoms with Gasteiger partial charge in [-0.25, -0.2) is 0 Å². The summed E-state index contributed by atoms with van der Waals surface area (Å²) in [5.41, 5.74) is -0.0751. The van der Waals surface area contributed by atoms with E-state index in [0.29, 0.717) is 15.6 Å². The molecule has 0 bridgehead atoms. The molecular weight excluding hydrogens is 283 g/mol. The minimum Gasteiger partial charge on any atom is -0.314 e. The van der Waals surface area contributed by atoms with Crippen molar-refractivity contribution >= 4 is 29.0 Å². The van der Waals surface area contributed by atoms with Gasteiger partial charge in [-0.2, -0.15) is 0 Å². The quantitative estimate of drug-likeness (QED) is 0.871. The van der Waals surface area contributed by atoms with Crippen LogP contribution in [0.3, 0.4) is 0 Å². The van der Waals surface area contributed by atoms with Gasteiger partial charge in [-0.05, 0) is 32.0 Å². The molecule has 0 amide bonds. The number of Topliss-reactive ketones (excluding diaryl/α,β-unsaturated/α-hetero) is 1. The fourth-order valence-corrected chi connectivity index (χ4v) is 2.74. The van der Waals surface area contributed by atoms with Gasteiger partial charge in [0.2, 0.25) is 0 Å². The highest BCUT2D eigenvalue weighted by Gasteiger charge is 2.36. The molecule has 0 spiro atoms. The molecule has 1 aromatic rings. The molecular formula is C14H18Cl2N2O. The van der Waals surface area contributed by atoms with Gasteiger partial charge in [0.05, 0.1) is 10.6 Å². The second-order valence-electron chi connectivity index (χ2n) is 5.25. The van der Waals surface area contributed by atoms with Gasteiger partial charge in [0, 0.05) is 36.8 Å². The first kappa shape index (κ1) is 14.8. The number of hydrogen-bond donors (Lipinski definition) is 1. The van der Waals surface area contributed by atoms with Crippen LogP contribution in [0, 0.1) is 0 Å². The van der Waals surface area contributed by atoms with Gasteiger partial charge >= 0.3 is 0 Å². The van der Waals surface area contributed by atoms with E-state index in [-0.39, 0.29) is 5.78 Å². The van der Waals surface area contributed by atoms with E-state index in [0.717, 1.165) is 26.2 Å². The summed E-state index contributed by atoms with van der Waals surface area (Å²) in [6.07, 6.45) is 0. The lowest BCUT2D eigenvalue weighted by molar-refractivity contribution is 0.0602. The first-order chi connectivity index (χ1) is 8.93. The molecule has 0 aromatic heterocycles. The summed E-state index contributed by atoms with van der Waals surface area (Å²) in [5.74, 6) is 0.0156. The first-order valence-electron chi connectivity index (χ1n) is 6.38. The molecule has 1 aliphatic rings. The molecule has 2 rings (SSSR count). The second-order valence-corrected chi connectivity index (χ2v) is 6.09. The molecule has 1 fully saturated rings. The molecule has 1 aliphatic heterocycles. The number of rotatable bonds is 3. The zero-order valence-corrected chi connectivity index (χ0v) is 12.7. The number of carbonyl (C=O) groups excluding carboxylic acids is 1. The van der Waals surface area contributed by atoms with Crippen LogP contribution >= 0.6 is 23.2 Å². The van der Waals surface area contributed by atoms with Crippen molar-refractivity contribution in [2.45, 2.75) is 19.4 Å². The van der Waals surface area contributed by atoms with Gasteiger partial charge in [0.1, 0.15) is 0 Å². The van der Waals surface area contributed by atoms with Gasteiger partial charge in [0.15, 0.2) is 5.78 Å². The average molecular weight is 301 g/mol. The van der Waals surface area contributed by atoms with E-state index < -0.39 is 5.54 Å².